The van der Waals surface area contributed by atoms with Crippen molar-refractivity contribution in [2.45, 2.75) is 83.5 Å². The molecule has 4 unspecified atom stereocenters. The number of aliphatic hydroxyl groups excluding tert-OH is 2. The molecule has 1 aromatic heterocycles. The highest BCUT2D eigenvalue weighted by Crippen LogP contribution is 2.31. The number of thiazole rings is 1. The van der Waals surface area contributed by atoms with Crippen LogP contribution in [0.4, 0.5) is 5.13 Å². The van der Waals surface area contributed by atoms with Crippen LogP contribution < -0.4 is 4.57 Å². The molecular weight excluding hydrogens is 652 g/mol. The second kappa shape index (κ2) is 23.0. The minimum Gasteiger partial charge on any atom is -0.394 e. The van der Waals surface area contributed by atoms with Gasteiger partial charge in [-0.25, -0.2) is 4.57 Å². The van der Waals surface area contributed by atoms with E-state index in [1.54, 1.807) is 0 Å². The lowest BCUT2D eigenvalue weighted by Crippen LogP contribution is -2.58. The van der Waals surface area contributed by atoms with Crippen LogP contribution in [-0.4, -0.2) is 142 Å². The van der Waals surface area contributed by atoms with Gasteiger partial charge in [0.15, 0.2) is 0 Å². The molecule has 0 fully saturated rings. The topological polar surface area (TPSA) is 137 Å². The number of aryl methyl sites for hydroxylation is 1. The minimum atomic E-state index is -0.602. The van der Waals surface area contributed by atoms with Crippen LogP contribution in [0, 0.1) is 0 Å². The summed E-state index contributed by atoms with van der Waals surface area (Å²) >= 11 is 1.53. The van der Waals surface area contributed by atoms with E-state index < -0.39 is 5.54 Å². The molecule has 1 heterocycles. The highest BCUT2D eigenvalue weighted by Gasteiger charge is 2.42. The van der Waals surface area contributed by atoms with Crippen LogP contribution >= 0.6 is 11.3 Å². The SMILES string of the molecule is C[n+]1ccsc1N=NC1C=CC=CC1(C)N(CC(COC(C)(C)C)OCCOCCO)CC(COC(C)(C)C)OCCOCCOCCO. The lowest BCUT2D eigenvalue weighted by molar-refractivity contribution is -0.654. The first-order valence-corrected chi connectivity index (χ1v) is 18.1. The highest BCUT2D eigenvalue weighted by atomic mass is 32.1. The van der Waals surface area contributed by atoms with Gasteiger partial charge in [-0.3, -0.25) is 4.90 Å². The molecule has 1 aliphatic carbocycles. The quantitative estimate of drug-likeness (QED) is 0.0832. The van der Waals surface area contributed by atoms with Gasteiger partial charge in [-0.05, 0) is 59.8 Å². The standard InChI is InChI=1S/C35H63N4O9S/c1-33(2,3)47-27-29(45-22-20-43-17-15-41)25-39(35(7)12-10-9-11-31(35)36-37-32-38(8)13-24-49-32)26-30(28-48-34(4,5)6)46-23-21-44-19-18-42-16-14-40/h9-13,24,29-31,40-41H,14-23,25-28H2,1-8H3/q+1. The van der Waals surface area contributed by atoms with E-state index in [1.807, 2.05) is 76.9 Å². The van der Waals surface area contributed by atoms with Crippen LogP contribution in [0.15, 0.2) is 46.1 Å². The molecule has 14 heteroatoms. The number of aromatic nitrogens is 1. The van der Waals surface area contributed by atoms with E-state index in [-0.39, 0.29) is 55.9 Å². The van der Waals surface area contributed by atoms with Gasteiger partial charge < -0.3 is 43.4 Å². The van der Waals surface area contributed by atoms with E-state index in [0.29, 0.717) is 65.9 Å². The maximum atomic E-state index is 9.13. The maximum Gasteiger partial charge on any atom is 0.407 e. The van der Waals surface area contributed by atoms with Gasteiger partial charge in [0, 0.05) is 18.5 Å². The number of rotatable bonds is 26. The summed E-state index contributed by atoms with van der Waals surface area (Å²) < 4.78 is 43.8. The maximum absolute atomic E-state index is 9.13. The van der Waals surface area contributed by atoms with Gasteiger partial charge in [0.25, 0.3) is 0 Å². The fourth-order valence-electron chi connectivity index (χ4n) is 4.75. The second-order valence-corrected chi connectivity index (χ2v) is 14.8. The monoisotopic (exact) mass is 715 g/mol. The molecule has 13 nitrogen and oxygen atoms in total. The van der Waals surface area contributed by atoms with Crippen LogP contribution in [0.3, 0.4) is 0 Å². The molecule has 0 aliphatic heterocycles. The van der Waals surface area contributed by atoms with Crippen molar-refractivity contribution in [3.8, 4) is 0 Å². The molecule has 0 saturated heterocycles. The summed E-state index contributed by atoms with van der Waals surface area (Å²) in [5, 5.41) is 30.3. The average molecular weight is 716 g/mol. The number of allylic oxidation sites excluding steroid dienone is 2. The van der Waals surface area contributed by atoms with Crippen LogP contribution in [0.1, 0.15) is 48.5 Å². The zero-order valence-electron chi connectivity index (χ0n) is 31.0. The van der Waals surface area contributed by atoms with Gasteiger partial charge in [0.2, 0.25) is 0 Å². The van der Waals surface area contributed by atoms with E-state index >= 15 is 0 Å². The molecule has 0 radical (unpaired) electrons. The molecule has 2 rings (SSSR count). The Morgan fingerprint density at radius 3 is 1.80 bits per heavy atom. The molecule has 282 valence electrons. The number of ether oxygens (including phenoxy) is 7. The molecule has 1 aromatic rings. The zero-order valence-corrected chi connectivity index (χ0v) is 31.9. The van der Waals surface area contributed by atoms with Crippen LogP contribution in [-0.2, 0) is 40.2 Å². The van der Waals surface area contributed by atoms with Crippen LogP contribution in [0.5, 0.6) is 0 Å². The van der Waals surface area contributed by atoms with Gasteiger partial charge >= 0.3 is 5.13 Å². The van der Waals surface area contributed by atoms with Crippen LogP contribution in [0.25, 0.3) is 0 Å². The first-order valence-electron chi connectivity index (χ1n) is 17.2. The number of hydrogen-bond acceptors (Lipinski definition) is 13. The Hall–Kier alpha value is -1.69. The van der Waals surface area contributed by atoms with E-state index in [9.17, 15) is 0 Å². The predicted octanol–water partition coefficient (Wildman–Crippen LogP) is 3.65. The molecular formula is C35H63N4O9S+. The fraction of sp³-hybridized carbons (Fsp3) is 0.800. The molecule has 0 bridgehead atoms. The molecule has 0 amide bonds. The number of aliphatic hydroxyl groups is 2. The summed E-state index contributed by atoms with van der Waals surface area (Å²) in [6.45, 7) is 18.8. The molecule has 49 heavy (non-hydrogen) atoms. The summed E-state index contributed by atoms with van der Waals surface area (Å²) in [7, 11) is 1.96. The molecule has 0 saturated carbocycles. The van der Waals surface area contributed by atoms with Crippen LogP contribution in [0.2, 0.25) is 0 Å². The Bertz CT molecular complexity index is 1110. The van der Waals surface area contributed by atoms with Gasteiger partial charge in [-0.2, -0.15) is 0 Å². The van der Waals surface area contributed by atoms with Gasteiger partial charge in [0.1, 0.15) is 12.2 Å². The normalized spacial score (nSPS) is 19.8. The Morgan fingerprint density at radius 2 is 1.33 bits per heavy atom. The molecule has 0 spiro atoms. The highest BCUT2D eigenvalue weighted by molar-refractivity contribution is 7.12. The third kappa shape index (κ3) is 18.4. The first kappa shape index (κ1) is 43.5. The minimum absolute atomic E-state index is 0.0143. The Labute approximate surface area is 297 Å². The largest absolute Gasteiger partial charge is 0.407 e. The molecule has 1 aliphatic rings. The summed E-state index contributed by atoms with van der Waals surface area (Å²) in [6, 6.07) is -0.303. The van der Waals surface area contributed by atoms with Crippen molar-refractivity contribution < 1.29 is 47.9 Å². The van der Waals surface area contributed by atoms with E-state index in [4.69, 9.17) is 48.5 Å². The van der Waals surface area contributed by atoms with E-state index in [0.717, 1.165) is 5.13 Å². The van der Waals surface area contributed by atoms with E-state index in [1.165, 1.54) is 11.3 Å². The van der Waals surface area contributed by atoms with Gasteiger partial charge in [-0.15, -0.1) is 0 Å². The third-order valence-electron chi connectivity index (χ3n) is 7.40. The number of nitrogens with zero attached hydrogens (tertiary/aromatic N) is 4. The summed E-state index contributed by atoms with van der Waals surface area (Å²) in [4.78, 5) is 2.33. The second-order valence-electron chi connectivity index (χ2n) is 13.9. The van der Waals surface area contributed by atoms with Gasteiger partial charge in [0.05, 0.1) is 120 Å². The van der Waals surface area contributed by atoms with Crippen molar-refractivity contribution in [3.05, 3.63) is 35.9 Å². The van der Waals surface area contributed by atoms with Crippen molar-refractivity contribution in [1.29, 1.82) is 0 Å². The smallest absolute Gasteiger partial charge is 0.394 e. The summed E-state index contributed by atoms with van der Waals surface area (Å²) in [5.41, 5.74) is -1.33. The van der Waals surface area contributed by atoms with Crippen molar-refractivity contribution in [3.63, 3.8) is 0 Å². The summed E-state index contributed by atoms with van der Waals surface area (Å²) in [5.74, 6) is 0. The first-order chi connectivity index (χ1) is 23.3. The van der Waals surface area contributed by atoms with Crippen molar-refractivity contribution in [2.24, 2.45) is 17.3 Å². The van der Waals surface area contributed by atoms with Crippen molar-refractivity contribution in [1.82, 2.24) is 4.90 Å². The zero-order chi connectivity index (χ0) is 36.2. The average Bonchev–Trinajstić information content (AvgIpc) is 3.45. The summed E-state index contributed by atoms with van der Waals surface area (Å²) in [6.07, 6.45) is 9.62. The lowest BCUT2D eigenvalue weighted by atomic mass is 9.86. The lowest BCUT2D eigenvalue weighted by Gasteiger charge is -2.45. The molecule has 0 aromatic carbocycles. The Morgan fingerprint density at radius 1 is 0.816 bits per heavy atom. The predicted molar refractivity (Wildman–Crippen MR) is 190 cm³/mol. The number of hydrogen-bond donors (Lipinski definition) is 2. The van der Waals surface area contributed by atoms with E-state index in [2.05, 4.69) is 29.1 Å². The van der Waals surface area contributed by atoms with Gasteiger partial charge in [-0.1, -0.05) is 29.4 Å². The third-order valence-corrected chi connectivity index (χ3v) is 8.24. The Kier molecular flexibility index (Phi) is 20.4. The molecule has 2 N–H and O–H groups in total. The van der Waals surface area contributed by atoms with Crippen molar-refractivity contribution in [2.75, 3.05) is 92.4 Å². The molecule has 4 atom stereocenters. The fourth-order valence-corrected chi connectivity index (χ4v) is 5.44. The Balaban J connectivity index is 2.37. The van der Waals surface area contributed by atoms with Crippen molar-refractivity contribution >= 4 is 16.5 Å². The number of azo groups is 1.